The smallest absolute Gasteiger partial charge is 0.322 e. The zero-order valence-corrected chi connectivity index (χ0v) is 10.8. The lowest BCUT2D eigenvalue weighted by molar-refractivity contribution is -0.155. The average molecular weight is 306 g/mol. The maximum absolute atomic E-state index is 13.0. The minimum atomic E-state index is -4.68. The Morgan fingerprint density at radius 3 is 2.48 bits per heavy atom. The highest BCUT2D eigenvalue weighted by atomic mass is 19.4. The molecular formula is C12H14F4N4O. The fourth-order valence-electron chi connectivity index (χ4n) is 1.93. The van der Waals surface area contributed by atoms with Crippen LogP contribution in [-0.4, -0.2) is 24.9 Å². The van der Waals surface area contributed by atoms with Gasteiger partial charge in [0.2, 0.25) is 0 Å². The Labute approximate surface area is 118 Å². The van der Waals surface area contributed by atoms with Crippen molar-refractivity contribution in [2.45, 2.75) is 24.8 Å². The maximum Gasteiger partial charge on any atom is 0.412 e. The molecule has 21 heavy (non-hydrogen) atoms. The number of rotatable bonds is 3. The number of hydrazine groups is 1. The van der Waals surface area contributed by atoms with Gasteiger partial charge in [0.15, 0.2) is 6.04 Å². The summed E-state index contributed by atoms with van der Waals surface area (Å²) in [7, 11) is 0. The van der Waals surface area contributed by atoms with Gasteiger partial charge in [-0.3, -0.25) is 5.43 Å². The fourth-order valence-corrected chi connectivity index (χ4v) is 1.93. The Morgan fingerprint density at radius 2 is 1.95 bits per heavy atom. The number of carbonyl (C=O) groups is 1. The lowest BCUT2D eigenvalue weighted by atomic mass is 10.1. The summed E-state index contributed by atoms with van der Waals surface area (Å²) in [4.78, 5) is 11.6. The second kappa shape index (κ2) is 6.27. The van der Waals surface area contributed by atoms with E-state index in [1.807, 2.05) is 5.32 Å². The summed E-state index contributed by atoms with van der Waals surface area (Å²) < 4.78 is 51.8. The molecule has 1 aromatic carbocycles. The largest absolute Gasteiger partial charge is 0.412 e. The Hall–Kier alpha value is -1.87. The molecule has 1 unspecified atom stereocenters. The Bertz CT molecular complexity index is 485. The van der Waals surface area contributed by atoms with E-state index < -0.39 is 30.2 Å². The van der Waals surface area contributed by atoms with Crippen LogP contribution >= 0.6 is 0 Å². The van der Waals surface area contributed by atoms with Gasteiger partial charge in [0, 0.05) is 6.54 Å². The number of urea groups is 1. The first-order chi connectivity index (χ1) is 9.86. The van der Waals surface area contributed by atoms with Crippen LogP contribution in [-0.2, 0) is 0 Å². The van der Waals surface area contributed by atoms with Crippen molar-refractivity contribution in [3.8, 4) is 0 Å². The van der Waals surface area contributed by atoms with E-state index in [4.69, 9.17) is 0 Å². The Morgan fingerprint density at radius 1 is 1.29 bits per heavy atom. The van der Waals surface area contributed by atoms with Gasteiger partial charge in [-0.25, -0.2) is 14.6 Å². The van der Waals surface area contributed by atoms with E-state index in [1.54, 1.807) is 0 Å². The molecule has 9 heteroatoms. The molecule has 1 heterocycles. The van der Waals surface area contributed by atoms with Crippen molar-refractivity contribution >= 4 is 6.03 Å². The van der Waals surface area contributed by atoms with Gasteiger partial charge < -0.3 is 10.6 Å². The summed E-state index contributed by atoms with van der Waals surface area (Å²) in [5.74, 6) is -0.648. The highest BCUT2D eigenvalue weighted by Crippen LogP contribution is 2.32. The number of carbonyl (C=O) groups excluding carboxylic acids is 1. The van der Waals surface area contributed by atoms with Crippen LogP contribution in [0.2, 0.25) is 0 Å². The summed E-state index contributed by atoms with van der Waals surface area (Å²) in [5, 5.41) is 4.22. The first-order valence-electron chi connectivity index (χ1n) is 6.24. The van der Waals surface area contributed by atoms with E-state index in [0.717, 1.165) is 24.3 Å². The number of halogens is 4. The van der Waals surface area contributed by atoms with Crippen LogP contribution in [0.1, 0.15) is 18.0 Å². The highest BCUT2D eigenvalue weighted by molar-refractivity contribution is 5.74. The van der Waals surface area contributed by atoms with Crippen molar-refractivity contribution in [1.82, 2.24) is 21.5 Å². The van der Waals surface area contributed by atoms with Gasteiger partial charge in [-0.1, -0.05) is 12.1 Å². The molecule has 4 N–H and O–H groups in total. The normalized spacial score (nSPS) is 20.1. The van der Waals surface area contributed by atoms with Crippen molar-refractivity contribution in [2.24, 2.45) is 0 Å². The number of amides is 2. The minimum Gasteiger partial charge on any atom is -0.322 e. The third-order valence-electron chi connectivity index (χ3n) is 2.95. The summed E-state index contributed by atoms with van der Waals surface area (Å²) in [6.07, 6.45) is -4.57. The Kier molecular flexibility index (Phi) is 4.63. The van der Waals surface area contributed by atoms with E-state index in [2.05, 4.69) is 16.2 Å². The van der Waals surface area contributed by atoms with E-state index in [0.29, 0.717) is 13.0 Å². The highest BCUT2D eigenvalue weighted by Gasteiger charge is 2.42. The van der Waals surface area contributed by atoms with E-state index >= 15 is 0 Å². The number of hydrogen-bond donors (Lipinski definition) is 4. The predicted octanol–water partition coefficient (Wildman–Crippen LogP) is 1.55. The molecule has 0 spiro atoms. The fraction of sp³-hybridized carbons (Fsp3) is 0.417. The lowest BCUT2D eigenvalue weighted by Crippen LogP contribution is -2.50. The maximum atomic E-state index is 13.0. The average Bonchev–Trinajstić information content (AvgIpc) is 2.89. The molecule has 116 valence electrons. The zero-order chi connectivity index (χ0) is 15.5. The molecule has 1 aliphatic heterocycles. The second-order valence-corrected chi connectivity index (χ2v) is 4.56. The summed E-state index contributed by atoms with van der Waals surface area (Å²) in [6.45, 7) is 0.603. The van der Waals surface area contributed by atoms with Crippen molar-refractivity contribution in [1.29, 1.82) is 0 Å². The van der Waals surface area contributed by atoms with Crippen LogP contribution in [0.3, 0.4) is 0 Å². The first-order valence-corrected chi connectivity index (χ1v) is 6.24. The van der Waals surface area contributed by atoms with Gasteiger partial charge in [0.25, 0.3) is 0 Å². The standard InChI is InChI=1S/C12H14F4N4O/c13-8-3-1-7(2-4-8)10(12(14,15)16)19-11(21)18-9-5-6-17-20-9/h1-4,9-10,17,20H,5-6H2,(H2,18,19,21)/t9?,10-/m0/s1. The van der Waals surface area contributed by atoms with Crippen molar-refractivity contribution in [2.75, 3.05) is 6.54 Å². The molecule has 5 nitrogen and oxygen atoms in total. The minimum absolute atomic E-state index is 0.239. The van der Waals surface area contributed by atoms with Crippen LogP contribution in [0, 0.1) is 5.82 Å². The number of hydrogen-bond acceptors (Lipinski definition) is 3. The molecule has 0 radical (unpaired) electrons. The van der Waals surface area contributed by atoms with Crippen LogP contribution in [0.5, 0.6) is 0 Å². The molecule has 0 aliphatic carbocycles. The molecule has 0 saturated carbocycles. The topological polar surface area (TPSA) is 65.2 Å². The van der Waals surface area contributed by atoms with Crippen LogP contribution in [0.25, 0.3) is 0 Å². The molecule has 2 atom stereocenters. The van der Waals surface area contributed by atoms with Gasteiger partial charge in [0.05, 0.1) is 6.17 Å². The molecule has 0 aromatic heterocycles. The number of benzene rings is 1. The first kappa shape index (κ1) is 15.5. The van der Waals surface area contributed by atoms with E-state index in [1.165, 1.54) is 0 Å². The molecule has 2 amide bonds. The Balaban J connectivity index is 2.06. The van der Waals surface area contributed by atoms with Gasteiger partial charge in [-0.05, 0) is 24.1 Å². The van der Waals surface area contributed by atoms with Gasteiger partial charge in [-0.2, -0.15) is 13.2 Å². The molecule has 1 aromatic rings. The zero-order valence-electron chi connectivity index (χ0n) is 10.8. The van der Waals surface area contributed by atoms with Crippen molar-refractivity contribution < 1.29 is 22.4 Å². The summed E-state index contributed by atoms with van der Waals surface area (Å²) in [5.41, 5.74) is 5.20. The lowest BCUT2D eigenvalue weighted by Gasteiger charge is -2.23. The van der Waals surface area contributed by atoms with Crippen LogP contribution < -0.4 is 21.5 Å². The van der Waals surface area contributed by atoms with E-state index in [-0.39, 0.29) is 5.56 Å². The summed E-state index contributed by atoms with van der Waals surface area (Å²) >= 11 is 0. The monoisotopic (exact) mass is 306 g/mol. The van der Waals surface area contributed by atoms with E-state index in [9.17, 15) is 22.4 Å². The molecular weight excluding hydrogens is 292 g/mol. The number of alkyl halides is 3. The second-order valence-electron chi connectivity index (χ2n) is 4.56. The predicted molar refractivity (Wildman–Crippen MR) is 66.4 cm³/mol. The van der Waals surface area contributed by atoms with Crippen molar-refractivity contribution in [3.63, 3.8) is 0 Å². The quantitative estimate of drug-likeness (QED) is 0.641. The molecule has 1 aliphatic rings. The van der Waals surface area contributed by atoms with Crippen molar-refractivity contribution in [3.05, 3.63) is 35.6 Å². The third kappa shape index (κ3) is 4.30. The SMILES string of the molecule is O=C(NC1CCNN1)N[C@@H](c1ccc(F)cc1)C(F)(F)F. The summed E-state index contributed by atoms with van der Waals surface area (Å²) in [6, 6.07) is 0.647. The van der Waals surface area contributed by atoms with Gasteiger partial charge in [-0.15, -0.1) is 0 Å². The molecule has 1 saturated heterocycles. The molecule has 2 rings (SSSR count). The third-order valence-corrected chi connectivity index (χ3v) is 2.95. The van der Waals surface area contributed by atoms with Crippen LogP contribution in [0.15, 0.2) is 24.3 Å². The number of nitrogens with one attached hydrogen (secondary N) is 4. The van der Waals surface area contributed by atoms with Gasteiger partial charge >= 0.3 is 12.2 Å². The van der Waals surface area contributed by atoms with Crippen LogP contribution in [0.4, 0.5) is 22.4 Å². The molecule has 1 fully saturated rings. The van der Waals surface area contributed by atoms with Gasteiger partial charge in [0.1, 0.15) is 5.82 Å². The molecule has 0 bridgehead atoms.